The second kappa shape index (κ2) is 9.41. The van der Waals surface area contributed by atoms with Gasteiger partial charge in [-0.05, 0) is 32.0 Å². The SMILES string of the molecule is Cc1ncc(-c2cc(C(F)(F)F)c3c(N)ncnn23)cc1C(=O)NCC(C)(O)C(O)c1ccccc1F. The summed E-state index contributed by atoms with van der Waals surface area (Å²) in [6, 6.07) is 7.51. The minimum absolute atomic E-state index is 0.000724. The summed E-state index contributed by atoms with van der Waals surface area (Å²) in [7, 11) is 0. The van der Waals surface area contributed by atoms with Crippen LogP contribution in [0.4, 0.5) is 23.4 Å². The fourth-order valence-corrected chi connectivity index (χ4v) is 3.88. The molecule has 0 aliphatic rings. The summed E-state index contributed by atoms with van der Waals surface area (Å²) >= 11 is 0. The van der Waals surface area contributed by atoms with Gasteiger partial charge in [-0.25, -0.2) is 13.9 Å². The number of fused-ring (bicyclic) bond motifs is 1. The minimum atomic E-state index is -4.74. The van der Waals surface area contributed by atoms with E-state index in [1.54, 1.807) is 0 Å². The lowest BCUT2D eigenvalue weighted by Gasteiger charge is -2.29. The van der Waals surface area contributed by atoms with Crippen LogP contribution in [-0.4, -0.2) is 47.8 Å². The van der Waals surface area contributed by atoms with Crippen molar-refractivity contribution in [1.82, 2.24) is 24.9 Å². The predicted molar refractivity (Wildman–Crippen MR) is 125 cm³/mol. The van der Waals surface area contributed by atoms with Gasteiger partial charge < -0.3 is 21.3 Å². The van der Waals surface area contributed by atoms with Gasteiger partial charge in [0.1, 0.15) is 29.4 Å². The summed E-state index contributed by atoms with van der Waals surface area (Å²) in [5, 5.41) is 27.5. The number of rotatable bonds is 6. The van der Waals surface area contributed by atoms with E-state index in [0.29, 0.717) is 0 Å². The molecule has 0 saturated heterocycles. The number of hydrogen-bond donors (Lipinski definition) is 4. The lowest BCUT2D eigenvalue weighted by Crippen LogP contribution is -2.45. The number of aliphatic hydroxyl groups is 2. The summed E-state index contributed by atoms with van der Waals surface area (Å²) in [5.74, 6) is -1.82. The number of benzene rings is 1. The van der Waals surface area contributed by atoms with Gasteiger partial charge in [-0.1, -0.05) is 18.2 Å². The van der Waals surface area contributed by atoms with E-state index in [1.807, 2.05) is 0 Å². The van der Waals surface area contributed by atoms with Gasteiger partial charge in [0.15, 0.2) is 5.82 Å². The molecule has 0 aliphatic carbocycles. The topological polar surface area (TPSA) is 139 Å². The summed E-state index contributed by atoms with van der Waals surface area (Å²) in [4.78, 5) is 20.7. The van der Waals surface area contributed by atoms with Crippen molar-refractivity contribution in [3.63, 3.8) is 0 Å². The third kappa shape index (κ3) is 4.95. The Labute approximate surface area is 207 Å². The van der Waals surface area contributed by atoms with Crippen LogP contribution >= 0.6 is 0 Å². The van der Waals surface area contributed by atoms with Crippen LogP contribution in [-0.2, 0) is 6.18 Å². The van der Waals surface area contributed by atoms with Crippen molar-refractivity contribution in [2.45, 2.75) is 31.7 Å². The summed E-state index contributed by atoms with van der Waals surface area (Å²) in [5.41, 5.74) is 2.45. The smallest absolute Gasteiger partial charge is 0.385 e. The highest BCUT2D eigenvalue weighted by Gasteiger charge is 2.37. The second-order valence-electron chi connectivity index (χ2n) is 8.67. The van der Waals surface area contributed by atoms with Crippen molar-refractivity contribution in [1.29, 1.82) is 0 Å². The van der Waals surface area contributed by atoms with Crippen LogP contribution in [0.1, 0.15) is 40.2 Å². The summed E-state index contributed by atoms with van der Waals surface area (Å²) in [6.45, 7) is 2.27. The highest BCUT2D eigenvalue weighted by Crippen LogP contribution is 2.38. The monoisotopic (exact) mass is 518 g/mol. The summed E-state index contributed by atoms with van der Waals surface area (Å²) in [6.07, 6.45) is -4.11. The Kier molecular flexibility index (Phi) is 6.60. The third-order valence-electron chi connectivity index (χ3n) is 5.91. The van der Waals surface area contributed by atoms with Crippen molar-refractivity contribution in [2.75, 3.05) is 12.3 Å². The number of nitrogens with zero attached hydrogens (tertiary/aromatic N) is 4. The van der Waals surface area contributed by atoms with Crippen molar-refractivity contribution in [3.05, 3.63) is 77.1 Å². The fraction of sp³-hybridized carbons (Fsp3) is 0.250. The Bertz CT molecular complexity index is 1490. The number of aromatic nitrogens is 4. The molecule has 4 rings (SSSR count). The first kappa shape index (κ1) is 26.0. The van der Waals surface area contributed by atoms with Crippen LogP contribution in [0, 0.1) is 12.7 Å². The van der Waals surface area contributed by atoms with Gasteiger partial charge in [-0.15, -0.1) is 0 Å². The normalized spacial score (nSPS) is 14.4. The van der Waals surface area contributed by atoms with E-state index in [1.165, 1.54) is 44.3 Å². The average Bonchev–Trinajstić information content (AvgIpc) is 3.24. The number of anilines is 1. The van der Waals surface area contributed by atoms with Crippen LogP contribution < -0.4 is 11.1 Å². The molecule has 0 fully saturated rings. The molecular weight excluding hydrogens is 496 g/mol. The Balaban J connectivity index is 1.64. The Morgan fingerprint density at radius 1 is 1.22 bits per heavy atom. The maximum atomic E-state index is 14.0. The van der Waals surface area contributed by atoms with Crippen LogP contribution in [0.3, 0.4) is 0 Å². The van der Waals surface area contributed by atoms with Gasteiger partial charge in [0, 0.05) is 23.9 Å². The molecule has 1 amide bonds. The van der Waals surface area contributed by atoms with E-state index < -0.39 is 47.2 Å². The standard InChI is InChI=1S/C24H22F4N6O3/c1-12-15(22(36)31-10-23(2,37)20(35)14-5-3-4-6-17(14)25)7-13(9-30-12)18-8-16(24(26,27)28)19-21(29)32-11-33-34(18)19/h3-9,11,20,35,37H,10H2,1-2H3,(H,31,36)(H2,29,32,33). The van der Waals surface area contributed by atoms with E-state index in [-0.39, 0.29) is 33.9 Å². The van der Waals surface area contributed by atoms with Crippen molar-refractivity contribution in [3.8, 4) is 11.3 Å². The first-order chi connectivity index (χ1) is 17.3. The first-order valence-electron chi connectivity index (χ1n) is 10.9. The molecule has 194 valence electrons. The lowest BCUT2D eigenvalue weighted by atomic mass is 9.92. The number of aliphatic hydroxyl groups excluding tert-OH is 1. The molecule has 4 aromatic rings. The Hall–Kier alpha value is -4.10. The number of hydrogen-bond acceptors (Lipinski definition) is 7. The zero-order chi connectivity index (χ0) is 27.1. The van der Waals surface area contributed by atoms with Crippen molar-refractivity contribution < 1.29 is 32.6 Å². The van der Waals surface area contributed by atoms with E-state index in [2.05, 4.69) is 20.4 Å². The van der Waals surface area contributed by atoms with Gasteiger partial charge in [0.25, 0.3) is 5.91 Å². The molecule has 0 radical (unpaired) electrons. The molecule has 5 N–H and O–H groups in total. The summed E-state index contributed by atoms with van der Waals surface area (Å²) < 4.78 is 56.0. The van der Waals surface area contributed by atoms with Gasteiger partial charge in [-0.3, -0.25) is 9.78 Å². The van der Waals surface area contributed by atoms with E-state index in [9.17, 15) is 32.6 Å². The number of halogens is 4. The van der Waals surface area contributed by atoms with E-state index >= 15 is 0 Å². The molecule has 1 aromatic carbocycles. The number of carbonyl (C=O) groups is 1. The zero-order valence-corrected chi connectivity index (χ0v) is 19.6. The molecule has 0 aliphatic heterocycles. The van der Waals surface area contributed by atoms with Gasteiger partial charge in [0.2, 0.25) is 0 Å². The highest BCUT2D eigenvalue weighted by molar-refractivity contribution is 5.96. The number of nitrogen functional groups attached to an aromatic ring is 1. The number of nitrogens with two attached hydrogens (primary N) is 1. The molecule has 2 atom stereocenters. The molecule has 2 unspecified atom stereocenters. The molecule has 0 spiro atoms. The van der Waals surface area contributed by atoms with Crippen LogP contribution in [0.25, 0.3) is 16.8 Å². The zero-order valence-electron chi connectivity index (χ0n) is 19.6. The molecule has 3 heterocycles. The molecular formula is C24H22F4N6O3. The predicted octanol–water partition coefficient (Wildman–Crippen LogP) is 3.05. The number of amides is 1. The molecule has 37 heavy (non-hydrogen) atoms. The number of alkyl halides is 3. The van der Waals surface area contributed by atoms with Crippen LogP contribution in [0.2, 0.25) is 0 Å². The molecule has 9 nitrogen and oxygen atoms in total. The van der Waals surface area contributed by atoms with Gasteiger partial charge >= 0.3 is 6.18 Å². The quantitative estimate of drug-likeness (QED) is 0.288. The largest absolute Gasteiger partial charge is 0.418 e. The maximum Gasteiger partial charge on any atom is 0.418 e. The molecule has 0 bridgehead atoms. The minimum Gasteiger partial charge on any atom is -0.385 e. The number of aryl methyl sites for hydroxylation is 1. The second-order valence-corrected chi connectivity index (χ2v) is 8.67. The fourth-order valence-electron chi connectivity index (χ4n) is 3.88. The molecule has 3 aromatic heterocycles. The third-order valence-corrected chi connectivity index (χ3v) is 5.91. The highest BCUT2D eigenvalue weighted by atomic mass is 19.4. The first-order valence-corrected chi connectivity index (χ1v) is 10.9. The van der Waals surface area contributed by atoms with Crippen molar-refractivity contribution in [2.24, 2.45) is 0 Å². The molecule has 13 heteroatoms. The van der Waals surface area contributed by atoms with Crippen molar-refractivity contribution >= 4 is 17.2 Å². The van der Waals surface area contributed by atoms with Gasteiger partial charge in [-0.2, -0.15) is 18.3 Å². The number of pyridine rings is 1. The van der Waals surface area contributed by atoms with Crippen LogP contribution in [0.15, 0.2) is 48.9 Å². The van der Waals surface area contributed by atoms with E-state index in [4.69, 9.17) is 5.73 Å². The number of carbonyl (C=O) groups excluding carboxylic acids is 1. The number of nitrogens with one attached hydrogen (secondary N) is 1. The maximum absolute atomic E-state index is 14.0. The van der Waals surface area contributed by atoms with E-state index in [0.717, 1.165) is 23.0 Å². The van der Waals surface area contributed by atoms with Crippen LogP contribution in [0.5, 0.6) is 0 Å². The Morgan fingerprint density at radius 3 is 2.59 bits per heavy atom. The average molecular weight is 518 g/mol. The lowest BCUT2D eigenvalue weighted by molar-refractivity contribution is -0.136. The molecule has 0 saturated carbocycles. The van der Waals surface area contributed by atoms with Gasteiger partial charge in [0.05, 0.1) is 22.5 Å². The Morgan fingerprint density at radius 2 is 1.92 bits per heavy atom.